The van der Waals surface area contributed by atoms with Gasteiger partial charge in [-0.2, -0.15) is 0 Å². The van der Waals surface area contributed by atoms with Crippen LogP contribution in [0.4, 0.5) is 4.79 Å². The topological polar surface area (TPSA) is 41.6 Å². The smallest absolute Gasteiger partial charge is 0.410 e. The molecule has 1 amide bonds. The Kier molecular flexibility index (Phi) is 3.99. The van der Waals surface area contributed by atoms with Crippen LogP contribution in [0.2, 0.25) is 0 Å². The molecular weight excluding hydrogens is 228 g/mol. The summed E-state index contributed by atoms with van der Waals surface area (Å²) in [6.07, 6.45) is 2.26. The molecule has 0 saturated heterocycles. The van der Waals surface area contributed by atoms with Crippen LogP contribution in [0.25, 0.3) is 5.57 Å². The standard InChI is InChI=1S/C14H18N2O2/c1-16(2)14(17)18-13-10-12(8-9-15-13)11-6-4-3-5-7-11/h3-8,13,15H,9-10H2,1-2H3. The lowest BCUT2D eigenvalue weighted by molar-refractivity contribution is 0.0604. The van der Waals surface area contributed by atoms with E-state index in [1.807, 2.05) is 18.2 Å². The van der Waals surface area contributed by atoms with E-state index in [0.717, 1.165) is 6.54 Å². The van der Waals surface area contributed by atoms with Gasteiger partial charge in [-0.15, -0.1) is 0 Å². The number of amides is 1. The first-order valence-electron chi connectivity index (χ1n) is 6.02. The Hall–Kier alpha value is -1.81. The number of hydrogen-bond acceptors (Lipinski definition) is 3. The second-order valence-corrected chi connectivity index (χ2v) is 4.47. The van der Waals surface area contributed by atoms with Gasteiger partial charge in [0.2, 0.25) is 0 Å². The maximum Gasteiger partial charge on any atom is 0.410 e. The number of carbonyl (C=O) groups is 1. The molecule has 1 aliphatic heterocycles. The van der Waals surface area contributed by atoms with Gasteiger partial charge in [-0.05, 0) is 11.1 Å². The normalized spacial score (nSPS) is 19.0. The Morgan fingerprint density at radius 1 is 1.33 bits per heavy atom. The van der Waals surface area contributed by atoms with Gasteiger partial charge in [0.25, 0.3) is 0 Å². The van der Waals surface area contributed by atoms with E-state index in [0.29, 0.717) is 6.42 Å². The number of hydrogen-bond donors (Lipinski definition) is 1. The first kappa shape index (κ1) is 12.6. The van der Waals surface area contributed by atoms with Crippen LogP contribution in [0.15, 0.2) is 36.4 Å². The summed E-state index contributed by atoms with van der Waals surface area (Å²) in [5, 5.41) is 3.16. The lowest BCUT2D eigenvalue weighted by atomic mass is 9.99. The first-order valence-corrected chi connectivity index (χ1v) is 6.02. The molecule has 0 spiro atoms. The Bertz CT molecular complexity index is 440. The number of ether oxygens (including phenoxy) is 1. The fourth-order valence-corrected chi connectivity index (χ4v) is 1.87. The summed E-state index contributed by atoms with van der Waals surface area (Å²) in [5.74, 6) is 0. The molecule has 1 aromatic rings. The third kappa shape index (κ3) is 3.11. The zero-order valence-electron chi connectivity index (χ0n) is 10.7. The fraction of sp³-hybridized carbons (Fsp3) is 0.357. The molecule has 0 radical (unpaired) electrons. The summed E-state index contributed by atoms with van der Waals surface area (Å²) < 4.78 is 5.34. The average Bonchev–Trinajstić information content (AvgIpc) is 2.40. The molecule has 2 rings (SSSR count). The molecule has 4 heteroatoms. The van der Waals surface area contributed by atoms with Crippen molar-refractivity contribution in [3.8, 4) is 0 Å². The summed E-state index contributed by atoms with van der Waals surface area (Å²) in [6, 6.07) is 10.2. The van der Waals surface area contributed by atoms with E-state index in [2.05, 4.69) is 23.5 Å². The van der Waals surface area contributed by atoms with Gasteiger partial charge in [-0.1, -0.05) is 36.4 Å². The Morgan fingerprint density at radius 2 is 2.06 bits per heavy atom. The van der Waals surface area contributed by atoms with Crippen molar-refractivity contribution in [2.75, 3.05) is 20.6 Å². The third-order valence-corrected chi connectivity index (χ3v) is 2.85. The molecule has 1 unspecified atom stereocenters. The van der Waals surface area contributed by atoms with Gasteiger partial charge in [-0.3, -0.25) is 5.32 Å². The van der Waals surface area contributed by atoms with Gasteiger partial charge < -0.3 is 9.64 Å². The third-order valence-electron chi connectivity index (χ3n) is 2.85. The van der Waals surface area contributed by atoms with E-state index in [1.54, 1.807) is 14.1 Å². The second-order valence-electron chi connectivity index (χ2n) is 4.47. The summed E-state index contributed by atoms with van der Waals surface area (Å²) >= 11 is 0. The Labute approximate surface area is 107 Å². The minimum absolute atomic E-state index is 0.250. The number of nitrogens with zero attached hydrogens (tertiary/aromatic N) is 1. The van der Waals surface area contributed by atoms with E-state index in [4.69, 9.17) is 4.74 Å². The Balaban J connectivity index is 2.00. The highest BCUT2D eigenvalue weighted by Gasteiger charge is 2.20. The number of rotatable bonds is 2. The predicted octanol–water partition coefficient (Wildman–Crippen LogP) is 2.09. The van der Waals surface area contributed by atoms with Crippen LogP contribution in [0.3, 0.4) is 0 Å². The van der Waals surface area contributed by atoms with E-state index in [9.17, 15) is 4.79 Å². The minimum Gasteiger partial charge on any atom is -0.430 e. The first-order chi connectivity index (χ1) is 8.66. The molecule has 0 fully saturated rings. The van der Waals surface area contributed by atoms with Crippen LogP contribution in [0.5, 0.6) is 0 Å². The van der Waals surface area contributed by atoms with Gasteiger partial charge in [0.1, 0.15) is 0 Å². The van der Waals surface area contributed by atoms with Crippen LogP contribution in [0.1, 0.15) is 12.0 Å². The highest BCUT2D eigenvalue weighted by Crippen LogP contribution is 2.22. The summed E-state index contributed by atoms with van der Waals surface area (Å²) in [7, 11) is 3.36. The largest absolute Gasteiger partial charge is 0.430 e. The molecule has 96 valence electrons. The van der Waals surface area contributed by atoms with Crippen LogP contribution >= 0.6 is 0 Å². The zero-order chi connectivity index (χ0) is 13.0. The van der Waals surface area contributed by atoms with Crippen molar-refractivity contribution in [1.29, 1.82) is 0 Å². The molecule has 0 bridgehead atoms. The van der Waals surface area contributed by atoms with Gasteiger partial charge in [0.05, 0.1) is 0 Å². The van der Waals surface area contributed by atoms with E-state index >= 15 is 0 Å². The SMILES string of the molecule is CN(C)C(=O)OC1CC(c2ccccc2)=CCN1. The lowest BCUT2D eigenvalue weighted by Crippen LogP contribution is -2.39. The van der Waals surface area contributed by atoms with Crippen molar-refractivity contribution in [1.82, 2.24) is 10.2 Å². The molecule has 1 N–H and O–H groups in total. The number of nitrogens with one attached hydrogen (secondary N) is 1. The van der Waals surface area contributed by atoms with Crippen LogP contribution in [-0.2, 0) is 4.74 Å². The molecular formula is C14H18N2O2. The molecule has 0 saturated carbocycles. The van der Waals surface area contributed by atoms with Gasteiger partial charge >= 0.3 is 6.09 Å². The van der Waals surface area contributed by atoms with E-state index in [-0.39, 0.29) is 12.3 Å². The number of carbonyl (C=O) groups excluding carboxylic acids is 1. The number of benzene rings is 1. The Morgan fingerprint density at radius 3 is 2.72 bits per heavy atom. The van der Waals surface area contributed by atoms with E-state index in [1.165, 1.54) is 16.0 Å². The summed E-state index contributed by atoms with van der Waals surface area (Å²) in [5.41, 5.74) is 2.40. The maximum absolute atomic E-state index is 11.5. The van der Waals surface area contributed by atoms with Gasteiger partial charge in [-0.25, -0.2) is 4.79 Å². The van der Waals surface area contributed by atoms with E-state index < -0.39 is 0 Å². The van der Waals surface area contributed by atoms with Gasteiger partial charge in [0.15, 0.2) is 6.23 Å². The monoisotopic (exact) mass is 246 g/mol. The van der Waals surface area contributed by atoms with Crippen LogP contribution in [-0.4, -0.2) is 37.9 Å². The molecule has 1 atom stereocenters. The van der Waals surface area contributed by atoms with Crippen molar-refractivity contribution in [2.24, 2.45) is 0 Å². The molecule has 18 heavy (non-hydrogen) atoms. The van der Waals surface area contributed by atoms with Crippen LogP contribution < -0.4 is 5.32 Å². The van der Waals surface area contributed by atoms with Crippen molar-refractivity contribution in [3.63, 3.8) is 0 Å². The molecule has 0 aromatic heterocycles. The quantitative estimate of drug-likeness (QED) is 0.868. The molecule has 1 heterocycles. The highest BCUT2D eigenvalue weighted by molar-refractivity contribution is 5.69. The summed E-state index contributed by atoms with van der Waals surface area (Å²) in [6.45, 7) is 0.718. The predicted molar refractivity (Wildman–Crippen MR) is 71.0 cm³/mol. The molecule has 1 aliphatic rings. The highest BCUT2D eigenvalue weighted by atomic mass is 16.6. The van der Waals surface area contributed by atoms with Crippen molar-refractivity contribution >= 4 is 11.7 Å². The van der Waals surface area contributed by atoms with Gasteiger partial charge in [0, 0.05) is 27.1 Å². The minimum atomic E-state index is -0.318. The van der Waals surface area contributed by atoms with Crippen LogP contribution in [0, 0.1) is 0 Å². The van der Waals surface area contributed by atoms with Crippen molar-refractivity contribution < 1.29 is 9.53 Å². The maximum atomic E-state index is 11.5. The lowest BCUT2D eigenvalue weighted by Gasteiger charge is -2.25. The average molecular weight is 246 g/mol. The zero-order valence-corrected chi connectivity index (χ0v) is 10.7. The van der Waals surface area contributed by atoms with Crippen molar-refractivity contribution in [3.05, 3.63) is 42.0 Å². The fourth-order valence-electron chi connectivity index (χ4n) is 1.87. The molecule has 4 nitrogen and oxygen atoms in total. The molecule has 0 aliphatic carbocycles. The second kappa shape index (κ2) is 5.69. The van der Waals surface area contributed by atoms with Crippen molar-refractivity contribution in [2.45, 2.75) is 12.6 Å². The summed E-state index contributed by atoms with van der Waals surface area (Å²) in [4.78, 5) is 12.9. The molecule has 1 aromatic carbocycles.